The highest BCUT2D eigenvalue weighted by atomic mass is 35.5. The van der Waals surface area contributed by atoms with E-state index in [4.69, 9.17) is 23.2 Å². The maximum atomic E-state index is 6.35. The number of hydrogen-bond acceptors (Lipinski definition) is 1. The lowest BCUT2D eigenvalue weighted by Crippen LogP contribution is -2.18. The summed E-state index contributed by atoms with van der Waals surface area (Å²) in [6.07, 6.45) is 3.67. The minimum atomic E-state index is 0.102. The van der Waals surface area contributed by atoms with Crippen LogP contribution in [0.4, 0.5) is 0 Å². The molecule has 2 aromatic carbocycles. The van der Waals surface area contributed by atoms with Gasteiger partial charge in [0, 0.05) is 10.0 Å². The second kappa shape index (κ2) is 5.77. The summed E-state index contributed by atoms with van der Waals surface area (Å²) in [5, 5.41) is 4.73. The number of hydrogen-bond donors (Lipinski definition) is 1. The van der Waals surface area contributed by atoms with Gasteiger partial charge in [0.05, 0.1) is 6.04 Å². The highest BCUT2D eigenvalue weighted by molar-refractivity contribution is 6.35. The van der Waals surface area contributed by atoms with E-state index in [0.717, 1.165) is 5.56 Å². The number of rotatable bonds is 3. The zero-order chi connectivity index (χ0) is 14.1. The van der Waals surface area contributed by atoms with Crippen molar-refractivity contribution >= 4 is 23.2 Å². The number of benzene rings is 2. The second-order valence-electron chi connectivity index (χ2n) is 5.27. The van der Waals surface area contributed by atoms with Crippen LogP contribution in [0.5, 0.6) is 0 Å². The molecule has 0 bridgehead atoms. The fraction of sp³-hybridized carbons (Fsp3) is 0.294. The Hall–Kier alpha value is -1.02. The van der Waals surface area contributed by atoms with Crippen LogP contribution in [0.2, 0.25) is 10.0 Å². The number of halogens is 2. The quantitative estimate of drug-likeness (QED) is 0.859. The summed E-state index contributed by atoms with van der Waals surface area (Å²) < 4.78 is 0. The van der Waals surface area contributed by atoms with Crippen LogP contribution >= 0.6 is 23.2 Å². The predicted molar refractivity (Wildman–Crippen MR) is 85.8 cm³/mol. The molecular weight excluding hydrogens is 289 g/mol. The fourth-order valence-corrected chi connectivity index (χ4v) is 3.53. The molecule has 0 amide bonds. The predicted octanol–water partition coefficient (Wildman–Crippen LogP) is 4.79. The van der Waals surface area contributed by atoms with E-state index in [1.54, 1.807) is 6.07 Å². The highest BCUT2D eigenvalue weighted by Gasteiger charge is 2.18. The van der Waals surface area contributed by atoms with Gasteiger partial charge in [-0.3, -0.25) is 0 Å². The van der Waals surface area contributed by atoms with E-state index < -0.39 is 0 Å². The molecule has 0 fully saturated rings. The summed E-state index contributed by atoms with van der Waals surface area (Å²) >= 11 is 12.3. The van der Waals surface area contributed by atoms with Crippen LogP contribution in [-0.2, 0) is 12.8 Å². The van der Waals surface area contributed by atoms with E-state index in [-0.39, 0.29) is 6.04 Å². The molecule has 0 radical (unpaired) electrons. The van der Waals surface area contributed by atoms with Crippen LogP contribution in [0.15, 0.2) is 36.4 Å². The van der Waals surface area contributed by atoms with Gasteiger partial charge in [-0.05, 0) is 60.7 Å². The lowest BCUT2D eigenvalue weighted by molar-refractivity contribution is 0.691. The van der Waals surface area contributed by atoms with Crippen LogP contribution in [0, 0.1) is 0 Å². The first-order chi connectivity index (χ1) is 9.69. The topological polar surface area (TPSA) is 12.0 Å². The third-order valence-corrected chi connectivity index (χ3v) is 4.58. The largest absolute Gasteiger partial charge is 0.309 e. The molecular formula is C17H17Cl2N. The van der Waals surface area contributed by atoms with Gasteiger partial charge >= 0.3 is 0 Å². The van der Waals surface area contributed by atoms with Gasteiger partial charge in [-0.25, -0.2) is 0 Å². The Bertz CT molecular complexity index is 637. The van der Waals surface area contributed by atoms with E-state index in [2.05, 4.69) is 23.5 Å². The molecule has 3 heteroatoms. The molecule has 0 saturated heterocycles. The third-order valence-electron chi connectivity index (χ3n) is 4.02. The molecule has 0 saturated carbocycles. The summed E-state index contributed by atoms with van der Waals surface area (Å²) in [5.41, 5.74) is 5.30. The van der Waals surface area contributed by atoms with Crippen molar-refractivity contribution in [2.45, 2.75) is 25.3 Å². The Morgan fingerprint density at radius 2 is 1.80 bits per heavy atom. The summed E-state index contributed by atoms with van der Waals surface area (Å²) in [6.45, 7) is 0. The van der Waals surface area contributed by atoms with E-state index >= 15 is 0 Å². The van der Waals surface area contributed by atoms with Crippen molar-refractivity contribution in [1.82, 2.24) is 5.32 Å². The van der Waals surface area contributed by atoms with E-state index in [9.17, 15) is 0 Å². The molecule has 1 unspecified atom stereocenters. The summed E-state index contributed by atoms with van der Waals surface area (Å²) in [4.78, 5) is 0. The average molecular weight is 306 g/mol. The van der Waals surface area contributed by atoms with Crippen molar-refractivity contribution in [2.24, 2.45) is 0 Å². The lowest BCUT2D eigenvalue weighted by Gasteiger charge is -2.19. The monoisotopic (exact) mass is 305 g/mol. The molecule has 0 aromatic heterocycles. The second-order valence-corrected chi connectivity index (χ2v) is 6.11. The maximum Gasteiger partial charge on any atom is 0.0589 e. The molecule has 0 aliphatic heterocycles. The average Bonchev–Trinajstić information content (AvgIpc) is 2.89. The van der Waals surface area contributed by atoms with E-state index in [1.165, 1.54) is 36.0 Å². The standard InChI is InChI=1S/C17H17Cl2N/c1-20-17(15-8-7-14(18)10-16(15)19)13-6-5-11-3-2-4-12(11)9-13/h5-10,17,20H,2-4H2,1H3. The molecule has 1 N–H and O–H groups in total. The van der Waals surface area contributed by atoms with Crippen molar-refractivity contribution in [1.29, 1.82) is 0 Å². The van der Waals surface area contributed by atoms with Gasteiger partial charge in [0.15, 0.2) is 0 Å². The molecule has 1 aliphatic rings. The Morgan fingerprint density at radius 1 is 1.00 bits per heavy atom. The zero-order valence-electron chi connectivity index (χ0n) is 11.4. The first-order valence-corrected chi connectivity index (χ1v) is 7.68. The first kappa shape index (κ1) is 13.9. The minimum absolute atomic E-state index is 0.102. The Balaban J connectivity index is 2.01. The number of fused-ring (bicyclic) bond motifs is 1. The van der Waals surface area contributed by atoms with Crippen LogP contribution in [-0.4, -0.2) is 7.05 Å². The van der Waals surface area contributed by atoms with Gasteiger partial charge in [-0.15, -0.1) is 0 Å². The molecule has 1 nitrogen and oxygen atoms in total. The summed E-state index contributed by atoms with van der Waals surface area (Å²) in [7, 11) is 1.96. The molecule has 1 atom stereocenters. The molecule has 104 valence electrons. The van der Waals surface area contributed by atoms with Gasteiger partial charge in [-0.1, -0.05) is 47.5 Å². The van der Waals surface area contributed by atoms with Crippen molar-refractivity contribution < 1.29 is 0 Å². The molecule has 0 spiro atoms. The van der Waals surface area contributed by atoms with Crippen LogP contribution in [0.3, 0.4) is 0 Å². The van der Waals surface area contributed by atoms with E-state index in [1.807, 2.05) is 19.2 Å². The molecule has 1 aliphatic carbocycles. The molecule has 0 heterocycles. The number of aryl methyl sites for hydroxylation is 2. The van der Waals surface area contributed by atoms with Gasteiger partial charge in [0.25, 0.3) is 0 Å². The molecule has 2 aromatic rings. The Morgan fingerprint density at radius 3 is 2.55 bits per heavy atom. The van der Waals surface area contributed by atoms with Gasteiger partial charge in [-0.2, -0.15) is 0 Å². The first-order valence-electron chi connectivity index (χ1n) is 6.93. The van der Waals surface area contributed by atoms with Crippen molar-refractivity contribution in [3.8, 4) is 0 Å². The normalized spacial score (nSPS) is 15.2. The lowest BCUT2D eigenvalue weighted by atomic mass is 9.96. The fourth-order valence-electron chi connectivity index (χ4n) is 3.01. The summed E-state index contributed by atoms with van der Waals surface area (Å²) in [6, 6.07) is 12.6. The Kier molecular flexibility index (Phi) is 4.02. The third kappa shape index (κ3) is 2.58. The molecule has 3 rings (SSSR count). The molecule has 20 heavy (non-hydrogen) atoms. The van der Waals surface area contributed by atoms with Gasteiger partial charge in [0.2, 0.25) is 0 Å². The zero-order valence-corrected chi connectivity index (χ0v) is 12.9. The van der Waals surface area contributed by atoms with Gasteiger partial charge < -0.3 is 5.32 Å². The van der Waals surface area contributed by atoms with E-state index in [0.29, 0.717) is 10.0 Å². The minimum Gasteiger partial charge on any atom is -0.309 e. The van der Waals surface area contributed by atoms with Crippen LogP contribution < -0.4 is 5.32 Å². The van der Waals surface area contributed by atoms with Crippen LogP contribution in [0.1, 0.15) is 34.7 Å². The maximum absolute atomic E-state index is 6.35. The van der Waals surface area contributed by atoms with Crippen LogP contribution in [0.25, 0.3) is 0 Å². The highest BCUT2D eigenvalue weighted by Crippen LogP contribution is 2.32. The number of nitrogens with one attached hydrogen (secondary N) is 1. The SMILES string of the molecule is CNC(c1ccc2c(c1)CCC2)c1ccc(Cl)cc1Cl. The van der Waals surface area contributed by atoms with Crippen molar-refractivity contribution in [3.63, 3.8) is 0 Å². The van der Waals surface area contributed by atoms with Crippen molar-refractivity contribution in [2.75, 3.05) is 7.05 Å². The van der Waals surface area contributed by atoms with Crippen molar-refractivity contribution in [3.05, 3.63) is 68.7 Å². The summed E-state index contributed by atoms with van der Waals surface area (Å²) in [5.74, 6) is 0. The van der Waals surface area contributed by atoms with Gasteiger partial charge in [0.1, 0.15) is 0 Å². The smallest absolute Gasteiger partial charge is 0.0589 e. The Labute approximate surface area is 129 Å².